The van der Waals surface area contributed by atoms with Gasteiger partial charge in [0.1, 0.15) is 5.82 Å². The van der Waals surface area contributed by atoms with Crippen molar-refractivity contribution >= 4 is 17.7 Å². The van der Waals surface area contributed by atoms with Crippen molar-refractivity contribution in [2.45, 2.75) is 64.0 Å². The lowest BCUT2D eigenvalue weighted by Crippen LogP contribution is -2.30. The standard InChI is InChI=1S/C21H28N6O.H2O/c1-13-4-6-15(7-5-13)25-20-17(19(22)28)12-24-21(27-20)26-16-8-9-18-14(11-16)3-2-10-23-18;/h2-3,10,12-13,15-16H,4-9,11H2,1H3,(H2,22,28)(H2,24,25,26,27);1H2/t13?,15?,16-;/m1./s1. The van der Waals surface area contributed by atoms with Crippen molar-refractivity contribution in [2.75, 3.05) is 10.6 Å². The van der Waals surface area contributed by atoms with E-state index in [0.717, 1.165) is 38.0 Å². The topological polar surface area (TPSA) is 137 Å². The highest BCUT2D eigenvalue weighted by atomic mass is 16.1. The highest BCUT2D eigenvalue weighted by Gasteiger charge is 2.23. The second kappa shape index (κ2) is 9.17. The Morgan fingerprint density at radius 3 is 2.66 bits per heavy atom. The first-order valence-corrected chi connectivity index (χ1v) is 10.2. The van der Waals surface area contributed by atoms with Crippen molar-refractivity contribution in [3.05, 3.63) is 41.3 Å². The predicted octanol–water partition coefficient (Wildman–Crippen LogP) is 2.11. The highest BCUT2D eigenvalue weighted by Crippen LogP contribution is 2.27. The normalized spacial score (nSPS) is 23.4. The molecule has 1 amide bonds. The second-order valence-corrected chi connectivity index (χ2v) is 8.11. The summed E-state index contributed by atoms with van der Waals surface area (Å²) in [5.74, 6) is 1.34. The Kier molecular flexibility index (Phi) is 6.64. The summed E-state index contributed by atoms with van der Waals surface area (Å²) < 4.78 is 0. The number of anilines is 2. The lowest BCUT2D eigenvalue weighted by molar-refractivity contribution is 0.100. The molecule has 0 spiro atoms. The summed E-state index contributed by atoms with van der Waals surface area (Å²) in [6, 6.07) is 4.68. The number of carbonyl (C=O) groups is 1. The van der Waals surface area contributed by atoms with Crippen LogP contribution in [0.5, 0.6) is 0 Å². The third kappa shape index (κ3) is 5.00. The summed E-state index contributed by atoms with van der Waals surface area (Å²) >= 11 is 0. The number of pyridine rings is 1. The molecular weight excluding hydrogens is 368 g/mol. The third-order valence-electron chi connectivity index (χ3n) is 5.92. The van der Waals surface area contributed by atoms with Gasteiger partial charge in [0.15, 0.2) is 0 Å². The molecule has 2 aliphatic rings. The van der Waals surface area contributed by atoms with Crippen molar-refractivity contribution in [1.82, 2.24) is 15.0 Å². The fourth-order valence-electron chi connectivity index (χ4n) is 4.21. The minimum atomic E-state index is -0.504. The number of fused-ring (bicyclic) bond motifs is 1. The summed E-state index contributed by atoms with van der Waals surface area (Å²) in [5, 5.41) is 6.87. The maximum Gasteiger partial charge on any atom is 0.254 e. The van der Waals surface area contributed by atoms with Gasteiger partial charge in [-0.05, 0) is 62.5 Å². The first-order chi connectivity index (χ1) is 13.6. The van der Waals surface area contributed by atoms with Crippen LogP contribution >= 0.6 is 0 Å². The maximum atomic E-state index is 11.8. The number of hydrogen-bond donors (Lipinski definition) is 3. The average Bonchev–Trinajstić information content (AvgIpc) is 2.70. The van der Waals surface area contributed by atoms with Crippen LogP contribution < -0.4 is 16.4 Å². The zero-order valence-electron chi connectivity index (χ0n) is 16.8. The van der Waals surface area contributed by atoms with Crippen LogP contribution in [0.3, 0.4) is 0 Å². The summed E-state index contributed by atoms with van der Waals surface area (Å²) in [7, 11) is 0. The zero-order valence-corrected chi connectivity index (χ0v) is 16.8. The fourth-order valence-corrected chi connectivity index (χ4v) is 4.21. The van der Waals surface area contributed by atoms with Gasteiger partial charge < -0.3 is 21.8 Å². The Labute approximate surface area is 171 Å². The number of carbonyl (C=O) groups excluding carboxylic acids is 1. The van der Waals surface area contributed by atoms with Gasteiger partial charge in [-0.25, -0.2) is 4.98 Å². The SMILES string of the molecule is CC1CCC(Nc2nc(N[C@@H]3CCc4ncccc4C3)ncc2C(N)=O)CC1.O. The summed E-state index contributed by atoms with van der Waals surface area (Å²) in [6.45, 7) is 2.29. The fraction of sp³-hybridized carbons (Fsp3) is 0.524. The van der Waals surface area contributed by atoms with E-state index in [1.165, 1.54) is 30.3 Å². The van der Waals surface area contributed by atoms with Crippen LogP contribution in [0.4, 0.5) is 11.8 Å². The molecule has 0 saturated heterocycles. The van der Waals surface area contributed by atoms with E-state index in [4.69, 9.17) is 5.73 Å². The van der Waals surface area contributed by atoms with Crippen molar-refractivity contribution < 1.29 is 10.3 Å². The number of primary amides is 1. The molecule has 156 valence electrons. The molecule has 1 saturated carbocycles. The van der Waals surface area contributed by atoms with Gasteiger partial charge in [0.25, 0.3) is 5.91 Å². The molecule has 0 radical (unpaired) electrons. The average molecular weight is 399 g/mol. The molecule has 0 aliphatic heterocycles. The van der Waals surface area contributed by atoms with Gasteiger partial charge in [0.05, 0.1) is 5.56 Å². The molecule has 29 heavy (non-hydrogen) atoms. The molecule has 2 aliphatic carbocycles. The van der Waals surface area contributed by atoms with Crippen LogP contribution in [0.25, 0.3) is 0 Å². The minimum Gasteiger partial charge on any atom is -0.412 e. The van der Waals surface area contributed by atoms with Gasteiger partial charge >= 0.3 is 0 Å². The van der Waals surface area contributed by atoms with E-state index >= 15 is 0 Å². The zero-order chi connectivity index (χ0) is 19.5. The molecule has 8 nitrogen and oxygen atoms in total. The summed E-state index contributed by atoms with van der Waals surface area (Å²) in [5.41, 5.74) is 8.35. The first kappa shape index (κ1) is 21.0. The first-order valence-electron chi connectivity index (χ1n) is 10.2. The predicted molar refractivity (Wildman–Crippen MR) is 113 cm³/mol. The number of nitrogens with one attached hydrogen (secondary N) is 2. The Bertz CT molecular complexity index is 851. The Morgan fingerprint density at radius 2 is 1.90 bits per heavy atom. The van der Waals surface area contributed by atoms with E-state index in [2.05, 4.69) is 38.6 Å². The van der Waals surface area contributed by atoms with Gasteiger partial charge in [-0.2, -0.15) is 4.98 Å². The number of amides is 1. The molecular formula is C21H30N6O2. The molecule has 0 aromatic carbocycles. The van der Waals surface area contributed by atoms with Gasteiger partial charge in [-0.1, -0.05) is 13.0 Å². The van der Waals surface area contributed by atoms with Crippen molar-refractivity contribution in [3.8, 4) is 0 Å². The molecule has 2 heterocycles. The highest BCUT2D eigenvalue weighted by molar-refractivity contribution is 5.97. The number of rotatable bonds is 5. The minimum absolute atomic E-state index is 0. The van der Waals surface area contributed by atoms with E-state index in [9.17, 15) is 4.79 Å². The van der Waals surface area contributed by atoms with Crippen LogP contribution in [-0.4, -0.2) is 38.4 Å². The number of nitrogens with zero attached hydrogens (tertiary/aromatic N) is 3. The molecule has 6 N–H and O–H groups in total. The van der Waals surface area contributed by atoms with E-state index in [1.807, 2.05) is 12.3 Å². The van der Waals surface area contributed by atoms with Crippen LogP contribution in [-0.2, 0) is 12.8 Å². The summed E-state index contributed by atoms with van der Waals surface area (Å²) in [6.07, 6.45) is 10.7. The number of hydrogen-bond acceptors (Lipinski definition) is 6. The van der Waals surface area contributed by atoms with E-state index < -0.39 is 5.91 Å². The van der Waals surface area contributed by atoms with Gasteiger partial charge in [0.2, 0.25) is 5.95 Å². The Balaban J connectivity index is 0.00000240. The van der Waals surface area contributed by atoms with Crippen molar-refractivity contribution in [1.29, 1.82) is 0 Å². The van der Waals surface area contributed by atoms with Crippen LogP contribution in [0.1, 0.15) is 60.6 Å². The van der Waals surface area contributed by atoms with Crippen LogP contribution in [0, 0.1) is 5.92 Å². The number of aromatic nitrogens is 3. The van der Waals surface area contributed by atoms with E-state index in [1.54, 1.807) is 0 Å². The molecule has 1 fully saturated rings. The maximum absolute atomic E-state index is 11.8. The Morgan fingerprint density at radius 1 is 1.10 bits per heavy atom. The molecule has 0 unspecified atom stereocenters. The van der Waals surface area contributed by atoms with Crippen molar-refractivity contribution in [3.63, 3.8) is 0 Å². The molecule has 2 aromatic rings. The third-order valence-corrected chi connectivity index (χ3v) is 5.92. The molecule has 4 rings (SSSR count). The lowest BCUT2D eigenvalue weighted by atomic mass is 9.87. The largest absolute Gasteiger partial charge is 0.412 e. The molecule has 0 bridgehead atoms. The lowest BCUT2D eigenvalue weighted by Gasteiger charge is -2.28. The monoisotopic (exact) mass is 398 g/mol. The molecule has 8 heteroatoms. The van der Waals surface area contributed by atoms with E-state index in [-0.39, 0.29) is 11.5 Å². The number of nitrogens with two attached hydrogens (primary N) is 1. The molecule has 2 aromatic heterocycles. The Hall–Kier alpha value is -2.74. The number of aryl methyl sites for hydroxylation is 1. The second-order valence-electron chi connectivity index (χ2n) is 8.11. The van der Waals surface area contributed by atoms with E-state index in [0.29, 0.717) is 23.4 Å². The van der Waals surface area contributed by atoms with Crippen LogP contribution in [0.15, 0.2) is 24.5 Å². The van der Waals surface area contributed by atoms with Gasteiger partial charge in [0, 0.05) is 30.2 Å². The van der Waals surface area contributed by atoms with Crippen molar-refractivity contribution in [2.24, 2.45) is 11.7 Å². The summed E-state index contributed by atoms with van der Waals surface area (Å²) in [4.78, 5) is 25.2. The van der Waals surface area contributed by atoms with Gasteiger partial charge in [-0.3, -0.25) is 9.78 Å². The van der Waals surface area contributed by atoms with Gasteiger partial charge in [-0.15, -0.1) is 0 Å². The van der Waals surface area contributed by atoms with Crippen LogP contribution in [0.2, 0.25) is 0 Å². The molecule has 1 atom stereocenters. The smallest absolute Gasteiger partial charge is 0.254 e. The quantitative estimate of drug-likeness (QED) is 0.705.